The SMILES string of the molecule is CCC.COc1ccc2[nH]cc(CCN3CCCC3CO)c2c1. The highest BCUT2D eigenvalue weighted by molar-refractivity contribution is 5.84. The van der Waals surface area contributed by atoms with Crippen molar-refractivity contribution in [2.45, 2.75) is 45.6 Å². The molecule has 1 unspecified atom stereocenters. The Bertz CT molecular complexity index is 594. The summed E-state index contributed by atoms with van der Waals surface area (Å²) in [5.41, 5.74) is 2.48. The first-order valence-corrected chi connectivity index (χ1v) is 8.72. The van der Waals surface area contributed by atoms with Gasteiger partial charge in [0.15, 0.2) is 0 Å². The van der Waals surface area contributed by atoms with Crippen LogP contribution in [0.15, 0.2) is 24.4 Å². The van der Waals surface area contributed by atoms with Crippen molar-refractivity contribution in [3.63, 3.8) is 0 Å². The molecule has 0 aliphatic carbocycles. The number of ether oxygens (including phenoxy) is 1. The van der Waals surface area contributed by atoms with E-state index in [9.17, 15) is 5.11 Å². The summed E-state index contributed by atoms with van der Waals surface area (Å²) in [6, 6.07) is 6.48. The first kappa shape index (κ1) is 17.8. The summed E-state index contributed by atoms with van der Waals surface area (Å²) in [6.07, 6.45) is 6.67. The number of hydrogen-bond donors (Lipinski definition) is 2. The fourth-order valence-corrected chi connectivity index (χ4v) is 3.15. The Labute approximate surface area is 139 Å². The smallest absolute Gasteiger partial charge is 0.119 e. The third-order valence-electron chi connectivity index (χ3n) is 4.35. The van der Waals surface area contributed by atoms with E-state index in [1.54, 1.807) is 7.11 Å². The Kier molecular flexibility index (Phi) is 6.93. The Balaban J connectivity index is 0.000000595. The number of aliphatic hydroxyl groups is 1. The lowest BCUT2D eigenvalue weighted by Gasteiger charge is -2.22. The minimum atomic E-state index is 0.279. The van der Waals surface area contributed by atoms with E-state index in [1.807, 2.05) is 6.07 Å². The van der Waals surface area contributed by atoms with E-state index in [1.165, 1.54) is 23.8 Å². The number of fused-ring (bicyclic) bond motifs is 1. The van der Waals surface area contributed by atoms with E-state index in [0.29, 0.717) is 6.04 Å². The van der Waals surface area contributed by atoms with E-state index in [0.717, 1.165) is 37.2 Å². The zero-order chi connectivity index (χ0) is 16.7. The van der Waals surface area contributed by atoms with Crippen LogP contribution in [0, 0.1) is 0 Å². The fraction of sp³-hybridized carbons (Fsp3) is 0.579. The van der Waals surface area contributed by atoms with E-state index >= 15 is 0 Å². The van der Waals surface area contributed by atoms with Gasteiger partial charge in [-0.3, -0.25) is 4.90 Å². The van der Waals surface area contributed by atoms with Crippen LogP contribution in [0.25, 0.3) is 10.9 Å². The lowest BCUT2D eigenvalue weighted by Crippen LogP contribution is -2.33. The lowest BCUT2D eigenvalue weighted by molar-refractivity contribution is 0.160. The molecule has 0 saturated carbocycles. The number of nitrogens with one attached hydrogen (secondary N) is 1. The predicted molar refractivity (Wildman–Crippen MR) is 96.2 cm³/mol. The minimum Gasteiger partial charge on any atom is -0.497 e. The zero-order valence-electron chi connectivity index (χ0n) is 14.6. The van der Waals surface area contributed by atoms with Crippen LogP contribution >= 0.6 is 0 Å². The Hall–Kier alpha value is -1.52. The van der Waals surface area contributed by atoms with Gasteiger partial charge >= 0.3 is 0 Å². The van der Waals surface area contributed by atoms with Crippen LogP contribution in [0.1, 0.15) is 38.7 Å². The molecule has 0 bridgehead atoms. The van der Waals surface area contributed by atoms with Gasteiger partial charge in [-0.15, -0.1) is 0 Å². The summed E-state index contributed by atoms with van der Waals surface area (Å²) in [5, 5.41) is 10.6. The average molecular weight is 318 g/mol. The zero-order valence-corrected chi connectivity index (χ0v) is 14.6. The normalized spacial score (nSPS) is 18.0. The Morgan fingerprint density at radius 1 is 1.35 bits per heavy atom. The van der Waals surface area contributed by atoms with Crippen LogP contribution in [0.5, 0.6) is 5.75 Å². The average Bonchev–Trinajstić information content (AvgIpc) is 3.19. The molecule has 1 aromatic carbocycles. The fourth-order valence-electron chi connectivity index (χ4n) is 3.15. The number of benzene rings is 1. The maximum atomic E-state index is 9.37. The molecule has 2 N–H and O–H groups in total. The first-order chi connectivity index (χ1) is 11.2. The van der Waals surface area contributed by atoms with Gasteiger partial charge in [-0.1, -0.05) is 20.3 Å². The topological polar surface area (TPSA) is 48.5 Å². The molecule has 2 heterocycles. The van der Waals surface area contributed by atoms with Crippen molar-refractivity contribution in [2.24, 2.45) is 0 Å². The molecular formula is C19H30N2O2. The molecule has 4 heteroatoms. The molecule has 2 aromatic rings. The second-order valence-corrected chi connectivity index (χ2v) is 6.20. The number of aromatic nitrogens is 1. The molecule has 23 heavy (non-hydrogen) atoms. The van der Waals surface area contributed by atoms with Gasteiger partial charge in [-0.2, -0.15) is 0 Å². The summed E-state index contributed by atoms with van der Waals surface area (Å²) in [6.45, 7) is 6.65. The number of aliphatic hydroxyl groups excluding tert-OH is 1. The van der Waals surface area contributed by atoms with Crippen molar-refractivity contribution < 1.29 is 9.84 Å². The Morgan fingerprint density at radius 2 is 2.13 bits per heavy atom. The first-order valence-electron chi connectivity index (χ1n) is 8.72. The summed E-state index contributed by atoms with van der Waals surface area (Å²) < 4.78 is 5.30. The van der Waals surface area contributed by atoms with Crippen molar-refractivity contribution in [1.29, 1.82) is 0 Å². The number of H-pyrrole nitrogens is 1. The largest absolute Gasteiger partial charge is 0.497 e. The second kappa shape index (κ2) is 8.94. The highest BCUT2D eigenvalue weighted by atomic mass is 16.5. The Morgan fingerprint density at radius 3 is 2.83 bits per heavy atom. The minimum absolute atomic E-state index is 0.279. The summed E-state index contributed by atoms with van der Waals surface area (Å²) in [4.78, 5) is 5.72. The van der Waals surface area contributed by atoms with Gasteiger partial charge in [-0.25, -0.2) is 0 Å². The monoisotopic (exact) mass is 318 g/mol. The molecular weight excluding hydrogens is 288 g/mol. The van der Waals surface area contributed by atoms with Crippen LogP contribution < -0.4 is 4.74 Å². The summed E-state index contributed by atoms with van der Waals surface area (Å²) >= 11 is 0. The molecule has 1 aliphatic heterocycles. The lowest BCUT2D eigenvalue weighted by atomic mass is 10.1. The molecule has 128 valence electrons. The molecule has 4 nitrogen and oxygen atoms in total. The molecule has 0 spiro atoms. The third-order valence-corrected chi connectivity index (χ3v) is 4.35. The number of methoxy groups -OCH3 is 1. The molecule has 1 fully saturated rings. The maximum Gasteiger partial charge on any atom is 0.119 e. The standard InChI is InChI=1S/C16H22N2O2.C3H8/c1-20-14-4-5-16-15(9-14)12(10-17-16)6-8-18-7-2-3-13(18)11-19;1-3-2/h4-5,9-10,13,17,19H,2-3,6-8,11H2,1H3;3H2,1-2H3. The van der Waals surface area contributed by atoms with Crippen molar-refractivity contribution in [2.75, 3.05) is 26.8 Å². The molecule has 1 aromatic heterocycles. The van der Waals surface area contributed by atoms with Crippen molar-refractivity contribution in [3.8, 4) is 5.75 Å². The number of hydrogen-bond acceptors (Lipinski definition) is 3. The summed E-state index contributed by atoms with van der Waals surface area (Å²) in [7, 11) is 1.70. The second-order valence-electron chi connectivity index (χ2n) is 6.20. The molecule has 1 saturated heterocycles. The van der Waals surface area contributed by atoms with Crippen molar-refractivity contribution >= 4 is 10.9 Å². The quantitative estimate of drug-likeness (QED) is 0.885. The van der Waals surface area contributed by atoms with Crippen LogP contribution in [0.3, 0.4) is 0 Å². The van der Waals surface area contributed by atoms with Gasteiger partial charge < -0.3 is 14.8 Å². The van der Waals surface area contributed by atoms with Crippen LogP contribution in [0.2, 0.25) is 0 Å². The van der Waals surface area contributed by atoms with Gasteiger partial charge in [0.25, 0.3) is 0 Å². The van der Waals surface area contributed by atoms with Crippen LogP contribution in [-0.2, 0) is 6.42 Å². The van der Waals surface area contributed by atoms with Gasteiger partial charge in [0.05, 0.1) is 13.7 Å². The number of nitrogens with zero attached hydrogens (tertiary/aromatic N) is 1. The molecule has 1 atom stereocenters. The third kappa shape index (κ3) is 4.49. The molecule has 3 rings (SSSR count). The van der Waals surface area contributed by atoms with Gasteiger partial charge in [-0.05, 0) is 49.6 Å². The van der Waals surface area contributed by atoms with Gasteiger partial charge in [0.1, 0.15) is 5.75 Å². The maximum absolute atomic E-state index is 9.37. The van der Waals surface area contributed by atoms with E-state index in [4.69, 9.17) is 4.74 Å². The highest BCUT2D eigenvalue weighted by Gasteiger charge is 2.23. The number of aromatic amines is 1. The predicted octanol–water partition coefficient (Wildman–Crippen LogP) is 3.59. The molecule has 1 aliphatic rings. The van der Waals surface area contributed by atoms with Crippen LogP contribution in [-0.4, -0.2) is 47.8 Å². The van der Waals surface area contributed by atoms with Crippen molar-refractivity contribution in [3.05, 3.63) is 30.0 Å². The molecule has 0 radical (unpaired) electrons. The van der Waals surface area contributed by atoms with Gasteiger partial charge in [0, 0.05) is 29.7 Å². The highest BCUT2D eigenvalue weighted by Crippen LogP contribution is 2.25. The van der Waals surface area contributed by atoms with E-state index in [2.05, 4.69) is 42.1 Å². The number of likely N-dealkylation sites (tertiary alicyclic amines) is 1. The van der Waals surface area contributed by atoms with E-state index in [-0.39, 0.29) is 6.61 Å². The van der Waals surface area contributed by atoms with Crippen LogP contribution in [0.4, 0.5) is 0 Å². The molecule has 0 amide bonds. The van der Waals surface area contributed by atoms with E-state index < -0.39 is 0 Å². The van der Waals surface area contributed by atoms with Crippen molar-refractivity contribution in [1.82, 2.24) is 9.88 Å². The summed E-state index contributed by atoms with van der Waals surface area (Å²) in [5.74, 6) is 0.896. The van der Waals surface area contributed by atoms with Gasteiger partial charge in [0.2, 0.25) is 0 Å². The number of rotatable bonds is 5.